The second-order valence-electron chi connectivity index (χ2n) is 4.49. The van der Waals surface area contributed by atoms with Crippen molar-refractivity contribution in [3.05, 3.63) is 17.5 Å². The van der Waals surface area contributed by atoms with Gasteiger partial charge in [0.2, 0.25) is 0 Å². The van der Waals surface area contributed by atoms with Crippen molar-refractivity contribution < 1.29 is 9.90 Å². The molecule has 0 spiro atoms. The van der Waals surface area contributed by atoms with E-state index in [4.69, 9.17) is 5.11 Å². The van der Waals surface area contributed by atoms with Crippen molar-refractivity contribution in [2.24, 2.45) is 0 Å². The molecule has 1 aromatic rings. The van der Waals surface area contributed by atoms with Crippen LogP contribution in [0.5, 0.6) is 0 Å². The molecular weight excluding hydrogens is 218 g/mol. The second kappa shape index (κ2) is 5.31. The molecule has 0 saturated carbocycles. The summed E-state index contributed by atoms with van der Waals surface area (Å²) >= 11 is 0. The van der Waals surface area contributed by atoms with Crippen molar-refractivity contribution in [3.8, 4) is 0 Å². The predicted octanol–water partition coefficient (Wildman–Crippen LogP) is 1.81. The highest BCUT2D eigenvalue weighted by Crippen LogP contribution is 2.24. The molecule has 1 atom stereocenters. The number of aryl methyl sites for hydroxylation is 1. The fourth-order valence-corrected chi connectivity index (χ4v) is 2.28. The van der Waals surface area contributed by atoms with Crippen LogP contribution < -0.4 is 5.32 Å². The Balaban J connectivity index is 2.23. The third-order valence-electron chi connectivity index (χ3n) is 3.14. The van der Waals surface area contributed by atoms with Crippen molar-refractivity contribution in [3.63, 3.8) is 0 Å². The van der Waals surface area contributed by atoms with Gasteiger partial charge >= 0.3 is 5.97 Å². The third kappa shape index (κ3) is 2.66. The molecule has 5 heteroatoms. The molecule has 0 aromatic carbocycles. The molecule has 0 amide bonds. The molecule has 2 heterocycles. The molecule has 1 aromatic heterocycles. The van der Waals surface area contributed by atoms with Crippen molar-refractivity contribution >= 4 is 5.97 Å². The number of hydrogen-bond donors (Lipinski definition) is 2. The molecule has 17 heavy (non-hydrogen) atoms. The Labute approximate surface area is 101 Å². The standard InChI is InChI=1S/C12H19N3O2/c1-2-6-13-9-5-3-4-7-15-11(9)8-10(14-15)12(16)17/h8-9,13H,2-7H2,1H3,(H,16,17). The Morgan fingerprint density at radius 1 is 1.65 bits per heavy atom. The normalized spacial score (nSPS) is 19.7. The average Bonchev–Trinajstić information content (AvgIpc) is 2.64. The monoisotopic (exact) mass is 237 g/mol. The Hall–Kier alpha value is -1.36. The van der Waals surface area contributed by atoms with E-state index in [1.165, 1.54) is 0 Å². The maximum Gasteiger partial charge on any atom is 0.356 e. The van der Waals surface area contributed by atoms with Gasteiger partial charge in [0.15, 0.2) is 5.69 Å². The molecule has 0 radical (unpaired) electrons. The number of fused-ring (bicyclic) bond motifs is 1. The second-order valence-corrected chi connectivity index (χ2v) is 4.49. The van der Waals surface area contributed by atoms with Gasteiger partial charge in [-0.2, -0.15) is 5.10 Å². The fourth-order valence-electron chi connectivity index (χ4n) is 2.28. The first kappa shape index (κ1) is 12.1. The minimum absolute atomic E-state index is 0.158. The minimum Gasteiger partial charge on any atom is -0.476 e. The summed E-state index contributed by atoms with van der Waals surface area (Å²) in [6.07, 6.45) is 4.37. The zero-order valence-corrected chi connectivity index (χ0v) is 10.1. The van der Waals surface area contributed by atoms with Crippen LogP contribution in [0.15, 0.2) is 6.07 Å². The lowest BCUT2D eigenvalue weighted by Crippen LogP contribution is -2.23. The number of carboxylic acid groups (broad SMARTS) is 1. The van der Waals surface area contributed by atoms with Gasteiger partial charge < -0.3 is 10.4 Å². The highest BCUT2D eigenvalue weighted by molar-refractivity contribution is 5.85. The van der Waals surface area contributed by atoms with Gasteiger partial charge in [0.25, 0.3) is 0 Å². The highest BCUT2D eigenvalue weighted by Gasteiger charge is 2.22. The number of carboxylic acids is 1. The molecule has 2 rings (SSSR count). The van der Waals surface area contributed by atoms with E-state index in [-0.39, 0.29) is 11.7 Å². The summed E-state index contributed by atoms with van der Waals surface area (Å²) in [7, 11) is 0. The summed E-state index contributed by atoms with van der Waals surface area (Å²) in [4.78, 5) is 10.9. The van der Waals surface area contributed by atoms with Crippen LogP contribution in [-0.4, -0.2) is 27.4 Å². The maximum atomic E-state index is 10.9. The van der Waals surface area contributed by atoms with Crippen LogP contribution in [0.3, 0.4) is 0 Å². The number of nitrogens with zero attached hydrogens (tertiary/aromatic N) is 2. The minimum atomic E-state index is -0.945. The zero-order valence-electron chi connectivity index (χ0n) is 10.1. The lowest BCUT2D eigenvalue weighted by Gasteiger charge is -2.16. The average molecular weight is 237 g/mol. The number of rotatable bonds is 4. The van der Waals surface area contributed by atoms with Crippen molar-refractivity contribution in [2.45, 2.75) is 45.2 Å². The summed E-state index contributed by atoms with van der Waals surface area (Å²) in [5, 5.41) is 16.6. The van der Waals surface area contributed by atoms with E-state index in [2.05, 4.69) is 17.3 Å². The van der Waals surface area contributed by atoms with E-state index >= 15 is 0 Å². The van der Waals surface area contributed by atoms with Gasteiger partial charge in [0, 0.05) is 12.6 Å². The van der Waals surface area contributed by atoms with E-state index in [1.807, 2.05) is 4.68 Å². The Bertz CT molecular complexity index is 400. The molecule has 0 fully saturated rings. The predicted molar refractivity (Wildman–Crippen MR) is 64.1 cm³/mol. The van der Waals surface area contributed by atoms with E-state index in [9.17, 15) is 4.79 Å². The largest absolute Gasteiger partial charge is 0.476 e. The van der Waals surface area contributed by atoms with Gasteiger partial charge in [0.1, 0.15) is 0 Å². The first-order valence-corrected chi connectivity index (χ1v) is 6.26. The molecule has 1 aliphatic heterocycles. The Morgan fingerprint density at radius 3 is 3.18 bits per heavy atom. The fraction of sp³-hybridized carbons (Fsp3) is 0.667. The van der Waals surface area contributed by atoms with Crippen molar-refractivity contribution in [2.75, 3.05) is 6.54 Å². The van der Waals surface area contributed by atoms with Crippen LogP contribution in [0.1, 0.15) is 54.8 Å². The number of aromatic carboxylic acids is 1. The summed E-state index contributed by atoms with van der Waals surface area (Å²) in [5.41, 5.74) is 1.18. The third-order valence-corrected chi connectivity index (χ3v) is 3.14. The Morgan fingerprint density at radius 2 is 2.47 bits per heavy atom. The van der Waals surface area contributed by atoms with Gasteiger partial charge in [-0.25, -0.2) is 4.79 Å². The molecular formula is C12H19N3O2. The lowest BCUT2D eigenvalue weighted by molar-refractivity contribution is 0.0689. The Kier molecular flexibility index (Phi) is 3.78. The first-order valence-electron chi connectivity index (χ1n) is 6.26. The van der Waals surface area contributed by atoms with Crippen LogP contribution in [-0.2, 0) is 6.54 Å². The van der Waals surface area contributed by atoms with E-state index < -0.39 is 5.97 Å². The number of hydrogen-bond acceptors (Lipinski definition) is 3. The summed E-state index contributed by atoms with van der Waals surface area (Å²) in [6, 6.07) is 1.96. The first-order chi connectivity index (χ1) is 8.22. The van der Waals surface area contributed by atoms with E-state index in [1.54, 1.807) is 6.07 Å². The van der Waals surface area contributed by atoms with Crippen molar-refractivity contribution in [1.29, 1.82) is 0 Å². The van der Waals surface area contributed by atoms with Crippen LogP contribution in [0.25, 0.3) is 0 Å². The summed E-state index contributed by atoms with van der Waals surface area (Å²) < 4.78 is 1.85. The van der Waals surface area contributed by atoms with Crippen LogP contribution in [0.4, 0.5) is 0 Å². The van der Waals surface area contributed by atoms with Gasteiger partial charge in [-0.05, 0) is 38.3 Å². The molecule has 1 unspecified atom stereocenters. The molecule has 1 aliphatic rings. The van der Waals surface area contributed by atoms with Gasteiger partial charge in [-0.3, -0.25) is 4.68 Å². The van der Waals surface area contributed by atoms with Crippen molar-refractivity contribution in [1.82, 2.24) is 15.1 Å². The molecule has 94 valence electrons. The van der Waals surface area contributed by atoms with Gasteiger partial charge in [0.05, 0.1) is 5.69 Å². The van der Waals surface area contributed by atoms with E-state index in [0.717, 1.165) is 44.5 Å². The van der Waals surface area contributed by atoms with Crippen LogP contribution in [0.2, 0.25) is 0 Å². The SMILES string of the molecule is CCCNC1CCCCn2nc(C(=O)O)cc21. The molecule has 5 nitrogen and oxygen atoms in total. The van der Waals surface area contributed by atoms with Gasteiger partial charge in [-0.15, -0.1) is 0 Å². The highest BCUT2D eigenvalue weighted by atomic mass is 16.4. The maximum absolute atomic E-state index is 10.9. The number of carbonyl (C=O) groups is 1. The lowest BCUT2D eigenvalue weighted by atomic mass is 10.1. The zero-order chi connectivity index (χ0) is 12.3. The number of nitrogens with one attached hydrogen (secondary N) is 1. The topological polar surface area (TPSA) is 67.2 Å². The summed E-state index contributed by atoms with van der Waals surface area (Å²) in [6.45, 7) is 3.91. The van der Waals surface area contributed by atoms with Crippen LogP contribution >= 0.6 is 0 Å². The van der Waals surface area contributed by atoms with E-state index in [0.29, 0.717) is 0 Å². The smallest absolute Gasteiger partial charge is 0.356 e. The summed E-state index contributed by atoms with van der Waals surface area (Å²) in [5.74, 6) is -0.945. The number of aromatic nitrogens is 2. The molecule has 0 saturated heterocycles. The quantitative estimate of drug-likeness (QED) is 0.838. The molecule has 0 bridgehead atoms. The molecule has 0 aliphatic carbocycles. The van der Waals surface area contributed by atoms with Gasteiger partial charge in [-0.1, -0.05) is 6.92 Å². The molecule has 2 N–H and O–H groups in total. The van der Waals surface area contributed by atoms with Crippen LogP contribution in [0, 0.1) is 0 Å².